The molecule has 0 atom stereocenters. The third kappa shape index (κ3) is 6.34. The Labute approximate surface area is 77.1 Å². The first-order valence-corrected chi connectivity index (χ1v) is 6.52. The van der Waals surface area contributed by atoms with Gasteiger partial charge in [-0.3, -0.25) is 9.59 Å². The van der Waals surface area contributed by atoms with Crippen molar-refractivity contribution < 1.29 is 19.3 Å². The van der Waals surface area contributed by atoms with Gasteiger partial charge in [0.05, 0.1) is 6.29 Å². The molecule has 0 fully saturated rings. The maximum absolute atomic E-state index is 11.3. The largest absolute Gasteiger partial charge is 0.480 e. The van der Waals surface area contributed by atoms with E-state index in [2.05, 4.69) is 0 Å². The van der Waals surface area contributed by atoms with Gasteiger partial charge in [0.25, 0.3) is 0 Å². The van der Waals surface area contributed by atoms with Gasteiger partial charge in [-0.15, -0.1) is 0 Å². The van der Waals surface area contributed by atoms with Crippen LogP contribution in [0.15, 0.2) is 0 Å². The predicted octanol–water partition coefficient (Wildman–Crippen LogP) is 0.500. The Kier molecular flexibility index (Phi) is 4.14. The molecule has 5 nitrogen and oxygen atoms in total. The van der Waals surface area contributed by atoms with Crippen molar-refractivity contribution in [2.75, 3.05) is 26.2 Å². The standard InChI is InChI=1S/C7H14NO4P/c1-6(9)8(4-7(10)11)5-13(2,3)12/h4-5H2,1-3H3,(H,10,11). The fourth-order valence-corrected chi connectivity index (χ4v) is 1.96. The second-order valence-electron chi connectivity index (χ2n) is 3.33. The molecule has 1 amide bonds. The Hall–Kier alpha value is -0.830. The van der Waals surface area contributed by atoms with Crippen molar-refractivity contribution in [2.24, 2.45) is 0 Å². The van der Waals surface area contributed by atoms with E-state index in [4.69, 9.17) is 5.11 Å². The van der Waals surface area contributed by atoms with Crippen LogP contribution in [0.3, 0.4) is 0 Å². The summed E-state index contributed by atoms with van der Waals surface area (Å²) in [6, 6.07) is 0. The van der Waals surface area contributed by atoms with Crippen molar-refractivity contribution in [1.29, 1.82) is 0 Å². The molecule has 0 radical (unpaired) electrons. The second kappa shape index (κ2) is 4.42. The lowest BCUT2D eigenvalue weighted by Gasteiger charge is -2.20. The van der Waals surface area contributed by atoms with E-state index in [1.165, 1.54) is 20.3 Å². The summed E-state index contributed by atoms with van der Waals surface area (Å²) in [7, 11) is -2.39. The molecule has 0 aliphatic carbocycles. The molecule has 0 heterocycles. The first kappa shape index (κ1) is 12.2. The van der Waals surface area contributed by atoms with Crippen molar-refractivity contribution in [1.82, 2.24) is 4.90 Å². The van der Waals surface area contributed by atoms with Crippen LogP contribution >= 0.6 is 7.14 Å². The highest BCUT2D eigenvalue weighted by atomic mass is 31.2. The summed E-state index contributed by atoms with van der Waals surface area (Å²) < 4.78 is 11.3. The molecule has 0 rings (SSSR count). The van der Waals surface area contributed by atoms with Crippen LogP contribution in [0.1, 0.15) is 6.92 Å². The fourth-order valence-electron chi connectivity index (χ4n) is 0.835. The van der Waals surface area contributed by atoms with Gasteiger partial charge in [-0.1, -0.05) is 0 Å². The molecule has 0 aromatic rings. The van der Waals surface area contributed by atoms with Crippen molar-refractivity contribution in [3.63, 3.8) is 0 Å². The molecule has 1 N–H and O–H groups in total. The lowest BCUT2D eigenvalue weighted by Crippen LogP contribution is -2.34. The van der Waals surface area contributed by atoms with Gasteiger partial charge in [0.15, 0.2) is 0 Å². The predicted molar refractivity (Wildman–Crippen MR) is 49.3 cm³/mol. The van der Waals surface area contributed by atoms with Crippen LogP contribution in [-0.2, 0) is 14.2 Å². The van der Waals surface area contributed by atoms with E-state index in [1.807, 2.05) is 0 Å². The molecular weight excluding hydrogens is 193 g/mol. The summed E-state index contributed by atoms with van der Waals surface area (Å²) in [5, 5.41) is 8.45. The van der Waals surface area contributed by atoms with E-state index in [-0.39, 0.29) is 18.7 Å². The monoisotopic (exact) mass is 207 g/mol. The Balaban J connectivity index is 4.36. The van der Waals surface area contributed by atoms with Gasteiger partial charge in [-0.25, -0.2) is 0 Å². The van der Waals surface area contributed by atoms with Crippen molar-refractivity contribution in [3.05, 3.63) is 0 Å². The van der Waals surface area contributed by atoms with Crippen molar-refractivity contribution in [2.45, 2.75) is 6.92 Å². The summed E-state index contributed by atoms with van der Waals surface area (Å²) in [5.74, 6) is -1.46. The fraction of sp³-hybridized carbons (Fsp3) is 0.714. The average molecular weight is 207 g/mol. The summed E-state index contributed by atoms with van der Waals surface area (Å²) in [6.07, 6.45) is 0.0225. The Morgan fingerprint density at radius 1 is 1.38 bits per heavy atom. The Morgan fingerprint density at radius 3 is 2.08 bits per heavy atom. The highest BCUT2D eigenvalue weighted by Crippen LogP contribution is 2.36. The van der Waals surface area contributed by atoms with Gasteiger partial charge < -0.3 is 14.6 Å². The molecule has 0 bridgehead atoms. The molecule has 0 aromatic heterocycles. The van der Waals surface area contributed by atoms with Crippen LogP contribution in [0.2, 0.25) is 0 Å². The van der Waals surface area contributed by atoms with Crippen LogP contribution < -0.4 is 0 Å². The number of carboxylic acid groups (broad SMARTS) is 1. The SMILES string of the molecule is CC(=O)N(CC(=O)O)CP(C)(C)=O. The number of hydrogen-bond acceptors (Lipinski definition) is 3. The zero-order valence-electron chi connectivity index (χ0n) is 7.98. The number of carbonyl (C=O) groups is 2. The third-order valence-electron chi connectivity index (χ3n) is 1.28. The van der Waals surface area contributed by atoms with Crippen molar-refractivity contribution in [3.8, 4) is 0 Å². The van der Waals surface area contributed by atoms with Crippen molar-refractivity contribution >= 4 is 19.0 Å². The zero-order valence-corrected chi connectivity index (χ0v) is 8.88. The third-order valence-corrected chi connectivity index (χ3v) is 2.31. The smallest absolute Gasteiger partial charge is 0.323 e. The first-order valence-electron chi connectivity index (χ1n) is 3.73. The summed E-state index contributed by atoms with van der Waals surface area (Å²) >= 11 is 0. The van der Waals surface area contributed by atoms with Gasteiger partial charge in [0.2, 0.25) is 5.91 Å². The highest BCUT2D eigenvalue weighted by Gasteiger charge is 2.18. The maximum atomic E-state index is 11.3. The van der Waals surface area contributed by atoms with Crippen LogP contribution in [0.4, 0.5) is 0 Å². The molecule has 0 saturated carbocycles. The topological polar surface area (TPSA) is 74.7 Å². The number of carbonyl (C=O) groups excluding carboxylic acids is 1. The highest BCUT2D eigenvalue weighted by molar-refractivity contribution is 7.62. The number of hydrogen-bond donors (Lipinski definition) is 1. The van der Waals surface area contributed by atoms with E-state index < -0.39 is 13.1 Å². The summed E-state index contributed by atoms with van der Waals surface area (Å²) in [4.78, 5) is 22.3. The van der Waals surface area contributed by atoms with Crippen LogP contribution in [0.25, 0.3) is 0 Å². The minimum Gasteiger partial charge on any atom is -0.480 e. The Bertz CT molecular complexity index is 257. The van der Waals surface area contributed by atoms with E-state index in [0.717, 1.165) is 4.90 Å². The lowest BCUT2D eigenvalue weighted by molar-refractivity contribution is -0.143. The number of rotatable bonds is 4. The average Bonchev–Trinajstić information content (AvgIpc) is 1.81. The quantitative estimate of drug-likeness (QED) is 0.681. The summed E-state index contributed by atoms with van der Waals surface area (Å²) in [5.41, 5.74) is 0. The summed E-state index contributed by atoms with van der Waals surface area (Å²) in [6.45, 7) is 3.91. The first-order chi connectivity index (χ1) is 5.72. The molecule has 0 aromatic carbocycles. The van der Waals surface area contributed by atoms with E-state index in [0.29, 0.717) is 0 Å². The molecule has 13 heavy (non-hydrogen) atoms. The van der Waals surface area contributed by atoms with E-state index >= 15 is 0 Å². The molecule has 6 heteroatoms. The van der Waals surface area contributed by atoms with Crippen LogP contribution in [0.5, 0.6) is 0 Å². The molecule has 0 aliphatic heterocycles. The molecule has 0 spiro atoms. The second-order valence-corrected chi connectivity index (χ2v) is 6.76. The normalized spacial score (nSPS) is 11.0. The van der Waals surface area contributed by atoms with Crippen LogP contribution in [-0.4, -0.2) is 48.0 Å². The van der Waals surface area contributed by atoms with Crippen LogP contribution in [0, 0.1) is 0 Å². The van der Waals surface area contributed by atoms with E-state index in [9.17, 15) is 14.2 Å². The van der Waals surface area contributed by atoms with Gasteiger partial charge in [0.1, 0.15) is 13.7 Å². The number of aliphatic carboxylic acids is 1. The number of amides is 1. The number of carboxylic acids is 1. The van der Waals surface area contributed by atoms with E-state index in [1.54, 1.807) is 0 Å². The Morgan fingerprint density at radius 2 is 1.85 bits per heavy atom. The molecule has 0 aliphatic rings. The zero-order chi connectivity index (χ0) is 10.6. The minimum atomic E-state index is -2.39. The molecular formula is C7H14NO4P. The molecule has 0 unspecified atom stereocenters. The lowest BCUT2D eigenvalue weighted by atomic mass is 10.5. The van der Waals surface area contributed by atoms with Gasteiger partial charge in [0, 0.05) is 6.92 Å². The van der Waals surface area contributed by atoms with Gasteiger partial charge in [-0.2, -0.15) is 0 Å². The maximum Gasteiger partial charge on any atom is 0.323 e. The minimum absolute atomic E-state index is 0.0225. The molecule has 0 saturated heterocycles. The van der Waals surface area contributed by atoms with Gasteiger partial charge >= 0.3 is 5.97 Å². The van der Waals surface area contributed by atoms with Gasteiger partial charge in [-0.05, 0) is 13.3 Å². The number of nitrogens with zero attached hydrogens (tertiary/aromatic N) is 1. The molecule has 76 valence electrons.